The maximum absolute atomic E-state index is 13.3. The smallest absolute Gasteiger partial charge is 0.224 e. The number of fused-ring (bicyclic) bond motifs is 1. The van der Waals surface area contributed by atoms with Crippen LogP contribution in [0.25, 0.3) is 22.2 Å². The average molecular weight is 355 g/mol. The van der Waals surface area contributed by atoms with Crippen molar-refractivity contribution in [1.82, 2.24) is 10.4 Å². The summed E-state index contributed by atoms with van der Waals surface area (Å²) in [4.78, 5) is 3.50. The van der Waals surface area contributed by atoms with Gasteiger partial charge in [-0.25, -0.2) is 8.42 Å². The van der Waals surface area contributed by atoms with Crippen LogP contribution in [0.15, 0.2) is 58.5 Å². The van der Waals surface area contributed by atoms with Crippen LogP contribution in [0.4, 0.5) is 0 Å². The molecule has 0 saturated heterocycles. The largest absolute Gasteiger partial charge is 0.497 e. The van der Waals surface area contributed by atoms with Crippen molar-refractivity contribution < 1.29 is 13.2 Å². The van der Waals surface area contributed by atoms with Crippen LogP contribution in [0.3, 0.4) is 0 Å². The molecule has 0 saturated carbocycles. The van der Waals surface area contributed by atoms with E-state index in [1.165, 1.54) is 0 Å². The first kappa shape index (κ1) is 15.7. The number of hydrazone groups is 1. The van der Waals surface area contributed by atoms with Crippen LogP contribution < -0.4 is 10.2 Å². The van der Waals surface area contributed by atoms with Gasteiger partial charge >= 0.3 is 0 Å². The van der Waals surface area contributed by atoms with Crippen molar-refractivity contribution in [1.29, 1.82) is 0 Å². The normalized spacial score (nSPS) is 14.4. The van der Waals surface area contributed by atoms with E-state index in [4.69, 9.17) is 4.74 Å². The monoisotopic (exact) mass is 355 g/mol. The second-order valence-corrected chi connectivity index (χ2v) is 7.66. The van der Waals surface area contributed by atoms with Gasteiger partial charge in [-0.3, -0.25) is 0 Å². The Labute approximate surface area is 145 Å². The number of sulfone groups is 1. The quantitative estimate of drug-likeness (QED) is 0.757. The first-order valence-electron chi connectivity index (χ1n) is 7.91. The van der Waals surface area contributed by atoms with Gasteiger partial charge in [0.15, 0.2) is 5.04 Å². The van der Waals surface area contributed by atoms with Gasteiger partial charge in [0.1, 0.15) is 10.6 Å². The highest BCUT2D eigenvalue weighted by Gasteiger charge is 2.31. The van der Waals surface area contributed by atoms with Gasteiger partial charge in [-0.05, 0) is 23.8 Å². The predicted octanol–water partition coefficient (Wildman–Crippen LogP) is 2.92. The number of rotatable bonds is 3. The van der Waals surface area contributed by atoms with Gasteiger partial charge in [0.05, 0.1) is 12.8 Å². The number of hydrogen-bond acceptors (Lipinski definition) is 5. The fourth-order valence-electron chi connectivity index (χ4n) is 3.04. The third kappa shape index (κ3) is 2.56. The lowest BCUT2D eigenvalue weighted by Gasteiger charge is -2.07. The zero-order valence-electron chi connectivity index (χ0n) is 13.6. The van der Waals surface area contributed by atoms with Crippen molar-refractivity contribution in [2.24, 2.45) is 5.10 Å². The van der Waals surface area contributed by atoms with Gasteiger partial charge in [0.25, 0.3) is 0 Å². The molecule has 1 aliphatic rings. The molecule has 0 unspecified atom stereocenters. The van der Waals surface area contributed by atoms with Gasteiger partial charge < -0.3 is 15.1 Å². The standard InChI is InChI=1S/C18H17N3O3S/c1-24-13-7-8-15-14(11-13)18(25(22,23)16-9-10-19-21-16)17(20-15)12-5-3-2-4-6-12/h2-8,11,19-20H,9-10H2,1H3. The summed E-state index contributed by atoms with van der Waals surface area (Å²) in [6.07, 6.45) is 0.382. The Morgan fingerprint density at radius 1 is 1.12 bits per heavy atom. The van der Waals surface area contributed by atoms with E-state index < -0.39 is 9.84 Å². The Morgan fingerprint density at radius 2 is 1.92 bits per heavy atom. The zero-order valence-corrected chi connectivity index (χ0v) is 14.4. The van der Waals surface area contributed by atoms with Gasteiger partial charge in [-0.1, -0.05) is 30.3 Å². The Hall–Kier alpha value is -2.80. The Morgan fingerprint density at radius 3 is 2.60 bits per heavy atom. The van der Waals surface area contributed by atoms with Crippen molar-refractivity contribution in [2.45, 2.75) is 11.3 Å². The number of ether oxygens (including phenoxy) is 1. The average Bonchev–Trinajstić information content (AvgIpc) is 3.30. The summed E-state index contributed by atoms with van der Waals surface area (Å²) in [5.41, 5.74) is 4.86. The minimum absolute atomic E-state index is 0.161. The summed E-state index contributed by atoms with van der Waals surface area (Å²) in [6, 6.07) is 14.8. The lowest BCUT2D eigenvalue weighted by atomic mass is 10.1. The number of nitrogens with one attached hydrogen (secondary N) is 2. The van der Waals surface area contributed by atoms with Gasteiger partial charge in [0.2, 0.25) is 9.84 Å². The van der Waals surface area contributed by atoms with E-state index in [1.807, 2.05) is 36.4 Å². The number of nitrogens with zero attached hydrogens (tertiary/aromatic N) is 1. The van der Waals surface area contributed by atoms with E-state index in [-0.39, 0.29) is 9.94 Å². The molecule has 7 heteroatoms. The molecule has 2 N–H and O–H groups in total. The second kappa shape index (κ2) is 5.93. The molecular weight excluding hydrogens is 338 g/mol. The Kier molecular flexibility index (Phi) is 3.73. The summed E-state index contributed by atoms with van der Waals surface area (Å²) in [6.45, 7) is 0.529. The van der Waals surface area contributed by atoms with Gasteiger partial charge in [-0.15, -0.1) is 0 Å². The molecule has 6 nitrogen and oxygen atoms in total. The third-order valence-corrected chi connectivity index (χ3v) is 6.13. The fourth-order valence-corrected chi connectivity index (χ4v) is 4.72. The maximum Gasteiger partial charge on any atom is 0.224 e. The molecular formula is C18H17N3O3S. The van der Waals surface area contributed by atoms with Crippen LogP contribution in [0.1, 0.15) is 6.42 Å². The van der Waals surface area contributed by atoms with Gasteiger partial charge in [0, 0.05) is 23.9 Å². The summed E-state index contributed by atoms with van der Waals surface area (Å²) in [5, 5.41) is 4.75. The number of benzene rings is 2. The van der Waals surface area contributed by atoms with E-state index in [9.17, 15) is 8.42 Å². The number of aromatic amines is 1. The first-order chi connectivity index (χ1) is 12.1. The molecule has 4 rings (SSSR count). The summed E-state index contributed by atoms with van der Waals surface area (Å²) < 4.78 is 31.8. The fraction of sp³-hybridized carbons (Fsp3) is 0.167. The Balaban J connectivity index is 2.05. The van der Waals surface area contributed by atoms with Crippen molar-refractivity contribution in [3.05, 3.63) is 48.5 Å². The lowest BCUT2D eigenvalue weighted by molar-refractivity contribution is 0.415. The van der Waals surface area contributed by atoms with Crippen LogP contribution >= 0.6 is 0 Å². The molecule has 0 aliphatic carbocycles. The van der Waals surface area contributed by atoms with E-state index >= 15 is 0 Å². The molecule has 128 valence electrons. The molecule has 0 amide bonds. The molecule has 2 aromatic carbocycles. The number of hydrogen-bond donors (Lipinski definition) is 2. The minimum atomic E-state index is -3.73. The van der Waals surface area contributed by atoms with Crippen molar-refractivity contribution >= 4 is 25.8 Å². The summed E-state index contributed by atoms with van der Waals surface area (Å²) >= 11 is 0. The van der Waals surface area contributed by atoms with E-state index in [0.29, 0.717) is 29.8 Å². The van der Waals surface area contributed by atoms with Crippen LogP contribution in [0, 0.1) is 0 Å². The number of methoxy groups -OCH3 is 1. The van der Waals surface area contributed by atoms with Crippen molar-refractivity contribution in [2.75, 3.05) is 13.7 Å². The van der Waals surface area contributed by atoms with Crippen LogP contribution in [-0.4, -0.2) is 32.1 Å². The molecule has 0 fully saturated rings. The lowest BCUT2D eigenvalue weighted by Crippen LogP contribution is -2.14. The van der Waals surface area contributed by atoms with Gasteiger partial charge in [-0.2, -0.15) is 5.10 Å². The SMILES string of the molecule is COc1ccc2[nH]c(-c3ccccc3)c(S(=O)(=O)C3=NNCC3)c2c1. The molecule has 0 spiro atoms. The molecule has 0 atom stereocenters. The highest BCUT2D eigenvalue weighted by atomic mass is 32.2. The molecule has 1 aliphatic heterocycles. The molecule has 1 aromatic heterocycles. The Bertz CT molecular complexity index is 1070. The molecule has 0 radical (unpaired) electrons. The summed E-state index contributed by atoms with van der Waals surface area (Å²) in [7, 11) is -2.16. The molecule has 25 heavy (non-hydrogen) atoms. The van der Waals surface area contributed by atoms with E-state index in [2.05, 4.69) is 15.5 Å². The predicted molar refractivity (Wildman–Crippen MR) is 97.5 cm³/mol. The maximum atomic E-state index is 13.3. The van der Waals surface area contributed by atoms with Crippen molar-refractivity contribution in [3.63, 3.8) is 0 Å². The van der Waals surface area contributed by atoms with Crippen LogP contribution in [0.2, 0.25) is 0 Å². The van der Waals surface area contributed by atoms with Crippen LogP contribution in [-0.2, 0) is 9.84 Å². The second-order valence-electron chi connectivity index (χ2n) is 5.77. The van der Waals surface area contributed by atoms with E-state index in [1.54, 1.807) is 19.2 Å². The molecule has 2 heterocycles. The first-order valence-corrected chi connectivity index (χ1v) is 9.39. The van der Waals surface area contributed by atoms with Crippen molar-refractivity contribution in [3.8, 4) is 17.0 Å². The van der Waals surface area contributed by atoms with Crippen LogP contribution in [0.5, 0.6) is 5.75 Å². The summed E-state index contributed by atoms with van der Waals surface area (Å²) in [5.74, 6) is 0.606. The minimum Gasteiger partial charge on any atom is -0.497 e. The molecule has 0 bridgehead atoms. The molecule has 3 aromatic rings. The highest BCUT2D eigenvalue weighted by molar-refractivity contribution is 8.06. The number of H-pyrrole nitrogens is 1. The third-order valence-electron chi connectivity index (χ3n) is 4.25. The highest BCUT2D eigenvalue weighted by Crippen LogP contribution is 2.37. The zero-order chi connectivity index (χ0) is 17.4. The van der Waals surface area contributed by atoms with E-state index in [0.717, 1.165) is 11.1 Å². The topological polar surface area (TPSA) is 83.6 Å². The number of aromatic nitrogens is 1.